The van der Waals surface area contributed by atoms with Crippen LogP contribution in [0.4, 0.5) is 4.39 Å². The van der Waals surface area contributed by atoms with Gasteiger partial charge in [0.2, 0.25) is 11.2 Å². The molecule has 112 valence electrons. The van der Waals surface area contributed by atoms with Crippen molar-refractivity contribution >= 4 is 21.7 Å². The number of para-hydroxylation sites is 1. The van der Waals surface area contributed by atoms with Gasteiger partial charge in [-0.15, -0.1) is 0 Å². The number of alkyl halides is 1. The number of nitrogens with zero attached hydrogens (tertiary/aromatic N) is 1. The molecule has 4 aromatic rings. The van der Waals surface area contributed by atoms with Crippen LogP contribution >= 0.6 is 0 Å². The first-order valence-electron chi connectivity index (χ1n) is 7.85. The molecule has 2 heteroatoms. The number of pyridine rings is 1. The zero-order valence-corrected chi connectivity index (χ0v) is 12.7. The highest BCUT2D eigenvalue weighted by Gasteiger charge is 2.22. The fourth-order valence-electron chi connectivity index (χ4n) is 3.35. The van der Waals surface area contributed by atoms with Gasteiger partial charge in [-0.25, -0.2) is 4.39 Å². The number of hydrogen-bond donors (Lipinski definition) is 0. The monoisotopic (exact) mass is 301 g/mol. The SMILES string of the molecule is [18F]CC[n+]1c(-c2ccccc2)c2ccccc2c2ccccc21. The maximum Gasteiger partial charge on any atom is 0.221 e. The van der Waals surface area contributed by atoms with E-state index in [0.717, 1.165) is 27.5 Å². The molecule has 0 aliphatic carbocycles. The van der Waals surface area contributed by atoms with Crippen molar-refractivity contribution in [3.05, 3.63) is 78.9 Å². The molecule has 0 saturated carbocycles. The molecule has 1 nitrogen and oxygen atoms in total. The van der Waals surface area contributed by atoms with Gasteiger partial charge in [-0.05, 0) is 24.3 Å². The smallest absolute Gasteiger partial charge is 0.221 e. The number of aromatic nitrogens is 1. The molecule has 0 fully saturated rings. The van der Waals surface area contributed by atoms with Crippen LogP contribution in [0.2, 0.25) is 0 Å². The van der Waals surface area contributed by atoms with Crippen molar-refractivity contribution in [2.45, 2.75) is 6.54 Å². The molecule has 1 heterocycles. The average molecular weight is 301 g/mol. The molecule has 4 rings (SSSR count). The van der Waals surface area contributed by atoms with Crippen LogP contribution in [0.25, 0.3) is 32.9 Å². The molecule has 0 atom stereocenters. The van der Waals surface area contributed by atoms with Crippen molar-refractivity contribution in [3.63, 3.8) is 0 Å². The molecule has 0 unspecified atom stereocenters. The third-order valence-corrected chi connectivity index (χ3v) is 4.29. The number of fused-ring (bicyclic) bond motifs is 3. The summed E-state index contributed by atoms with van der Waals surface area (Å²) in [7, 11) is 0. The van der Waals surface area contributed by atoms with Crippen molar-refractivity contribution < 1.29 is 8.96 Å². The Morgan fingerprint density at radius 2 is 1.26 bits per heavy atom. The van der Waals surface area contributed by atoms with E-state index in [1.807, 2.05) is 36.4 Å². The van der Waals surface area contributed by atoms with Crippen LogP contribution in [0.15, 0.2) is 78.9 Å². The standard InChI is InChI=1S/C21H17FN/c22-14-15-23-20-13-7-6-11-18(20)17-10-4-5-12-19(17)21(23)16-8-2-1-3-9-16/h1-13H,14-15H2/q+1/i22-1. The van der Waals surface area contributed by atoms with Crippen LogP contribution in [0.5, 0.6) is 0 Å². The van der Waals surface area contributed by atoms with Gasteiger partial charge in [-0.3, -0.25) is 0 Å². The van der Waals surface area contributed by atoms with Crippen molar-refractivity contribution in [1.29, 1.82) is 0 Å². The number of hydrogen-bond acceptors (Lipinski definition) is 0. The van der Waals surface area contributed by atoms with Gasteiger partial charge in [0, 0.05) is 17.0 Å². The summed E-state index contributed by atoms with van der Waals surface area (Å²) in [5.41, 5.74) is 3.27. The fraction of sp³-hybridized carbons (Fsp3) is 0.0952. The molecule has 1 aromatic heterocycles. The number of halogens is 1. The quantitative estimate of drug-likeness (QED) is 0.374. The Labute approximate surface area is 134 Å². The van der Waals surface area contributed by atoms with Gasteiger partial charge in [0.15, 0.2) is 6.54 Å². The lowest BCUT2D eigenvalue weighted by molar-refractivity contribution is -0.659. The van der Waals surface area contributed by atoms with Crippen LogP contribution in [0.1, 0.15) is 0 Å². The molecule has 23 heavy (non-hydrogen) atoms. The summed E-state index contributed by atoms with van der Waals surface area (Å²) in [6, 6.07) is 26.8. The first kappa shape index (κ1) is 13.9. The second-order valence-electron chi connectivity index (χ2n) is 5.62. The Bertz CT molecular complexity index is 977. The Kier molecular flexibility index (Phi) is 3.51. The van der Waals surface area contributed by atoms with Gasteiger partial charge >= 0.3 is 0 Å². The molecule has 0 N–H and O–H groups in total. The first-order valence-corrected chi connectivity index (χ1v) is 7.85. The lowest BCUT2D eigenvalue weighted by Gasteiger charge is -2.11. The van der Waals surface area contributed by atoms with Crippen LogP contribution in [-0.2, 0) is 6.54 Å². The van der Waals surface area contributed by atoms with Gasteiger partial charge in [-0.2, -0.15) is 4.57 Å². The largest absolute Gasteiger partial charge is 0.244 e. The van der Waals surface area contributed by atoms with E-state index in [0.29, 0.717) is 6.54 Å². The molecular formula is C21H17FN+. The summed E-state index contributed by atoms with van der Waals surface area (Å²) in [4.78, 5) is 0. The van der Waals surface area contributed by atoms with E-state index >= 15 is 0 Å². The Morgan fingerprint density at radius 3 is 2.00 bits per heavy atom. The Morgan fingerprint density at radius 1 is 0.652 bits per heavy atom. The zero-order chi connectivity index (χ0) is 15.6. The van der Waals surface area contributed by atoms with Gasteiger partial charge < -0.3 is 0 Å². The van der Waals surface area contributed by atoms with Crippen molar-refractivity contribution in [2.24, 2.45) is 0 Å². The molecule has 0 saturated heterocycles. The fourth-order valence-corrected chi connectivity index (χ4v) is 3.35. The summed E-state index contributed by atoms with van der Waals surface area (Å²) in [6.45, 7) is -0.0254. The van der Waals surface area contributed by atoms with Gasteiger partial charge in [0.1, 0.15) is 6.67 Å². The molecule has 0 amide bonds. The van der Waals surface area contributed by atoms with E-state index in [-0.39, 0.29) is 6.67 Å². The van der Waals surface area contributed by atoms with Crippen LogP contribution in [0.3, 0.4) is 0 Å². The highest BCUT2D eigenvalue weighted by atomic mass is 18.2. The van der Waals surface area contributed by atoms with E-state index in [4.69, 9.17) is 0 Å². The second kappa shape index (κ2) is 5.81. The number of rotatable bonds is 3. The number of benzene rings is 3. The molecule has 0 aliphatic heterocycles. The van der Waals surface area contributed by atoms with Crippen LogP contribution in [-0.4, -0.2) is 6.67 Å². The predicted molar refractivity (Wildman–Crippen MR) is 93.1 cm³/mol. The van der Waals surface area contributed by atoms with Crippen LogP contribution in [0, 0.1) is 0 Å². The van der Waals surface area contributed by atoms with E-state index in [2.05, 4.69) is 47.0 Å². The third-order valence-electron chi connectivity index (χ3n) is 4.29. The molecule has 0 spiro atoms. The Balaban J connectivity index is 2.23. The minimum Gasteiger partial charge on any atom is -0.244 e. The van der Waals surface area contributed by atoms with Crippen LogP contribution < -0.4 is 4.57 Å². The number of aryl methyl sites for hydroxylation is 1. The van der Waals surface area contributed by atoms with E-state index in [1.165, 1.54) is 5.39 Å². The minimum absolute atomic E-state index is 0.357. The third kappa shape index (κ3) is 2.27. The van der Waals surface area contributed by atoms with Crippen molar-refractivity contribution in [2.75, 3.05) is 6.67 Å². The summed E-state index contributed by atoms with van der Waals surface area (Å²) in [6.07, 6.45) is 0. The van der Waals surface area contributed by atoms with E-state index in [1.54, 1.807) is 0 Å². The van der Waals surface area contributed by atoms with Crippen molar-refractivity contribution in [1.82, 2.24) is 0 Å². The van der Waals surface area contributed by atoms with Gasteiger partial charge in [0.25, 0.3) is 0 Å². The molecule has 0 bridgehead atoms. The average Bonchev–Trinajstić information content (AvgIpc) is 2.63. The maximum atomic E-state index is 13.3. The topological polar surface area (TPSA) is 3.88 Å². The first-order chi connectivity index (χ1) is 11.4. The highest BCUT2D eigenvalue weighted by Crippen LogP contribution is 2.30. The minimum atomic E-state index is -0.382. The van der Waals surface area contributed by atoms with Crippen molar-refractivity contribution in [3.8, 4) is 11.3 Å². The lowest BCUT2D eigenvalue weighted by atomic mass is 9.99. The highest BCUT2D eigenvalue weighted by molar-refractivity contribution is 6.08. The summed E-state index contributed by atoms with van der Waals surface area (Å²) >= 11 is 0. The summed E-state index contributed by atoms with van der Waals surface area (Å²) in [5, 5.41) is 3.53. The van der Waals surface area contributed by atoms with E-state index in [9.17, 15) is 4.39 Å². The van der Waals surface area contributed by atoms with Gasteiger partial charge in [0.05, 0.1) is 10.8 Å². The molecule has 0 radical (unpaired) electrons. The summed E-state index contributed by atoms with van der Waals surface area (Å²) < 4.78 is 15.4. The van der Waals surface area contributed by atoms with Gasteiger partial charge in [-0.1, -0.05) is 48.5 Å². The normalized spacial score (nSPS) is 11.2. The second-order valence-corrected chi connectivity index (χ2v) is 5.62. The predicted octanol–water partition coefficient (Wildman–Crippen LogP) is 4.92. The molecule has 3 aromatic carbocycles. The maximum absolute atomic E-state index is 13.3. The lowest BCUT2D eigenvalue weighted by Crippen LogP contribution is -2.38. The molecule has 0 aliphatic rings. The summed E-state index contributed by atoms with van der Waals surface area (Å²) in [5.74, 6) is 0. The molecular weight excluding hydrogens is 284 g/mol. The Hall–Kier alpha value is -2.74. The zero-order valence-electron chi connectivity index (χ0n) is 12.7. The van der Waals surface area contributed by atoms with E-state index < -0.39 is 0 Å².